The Kier molecular flexibility index (Phi) is 9.57. The van der Waals surface area contributed by atoms with Crippen molar-refractivity contribution in [3.05, 3.63) is 101 Å². The summed E-state index contributed by atoms with van der Waals surface area (Å²) in [4.78, 5) is 22.8. The molecule has 0 saturated heterocycles. The standard InChI is InChI=1S/C33H35NO5/c1-24(33(37)38)29-23-34(21-8-14-31(35)36)30-13-7-12-27(32(29)30)18-15-26-16-19-28(20-17-26)39-22-6-5-11-25-9-3-2-4-10-25/h2-4,7,9-10,12-13,15-20,23-24H,5-6,8,11,14,21-22H2,1H3,(H,35,36)(H,37,38)/b18-15+. The van der Waals surface area contributed by atoms with Gasteiger partial charge in [0.15, 0.2) is 0 Å². The molecular formula is C33H35NO5. The van der Waals surface area contributed by atoms with Crippen molar-refractivity contribution in [3.63, 3.8) is 0 Å². The molecule has 39 heavy (non-hydrogen) atoms. The lowest BCUT2D eigenvalue weighted by Gasteiger charge is -2.08. The van der Waals surface area contributed by atoms with Gasteiger partial charge in [0.1, 0.15) is 5.75 Å². The number of unbranched alkanes of at least 4 members (excludes halogenated alkanes) is 1. The molecule has 202 valence electrons. The molecule has 0 amide bonds. The van der Waals surface area contributed by atoms with Crippen LogP contribution in [0.4, 0.5) is 0 Å². The Hall–Kier alpha value is -4.32. The van der Waals surface area contributed by atoms with E-state index in [1.165, 1.54) is 5.56 Å². The molecule has 1 heterocycles. The third-order valence-electron chi connectivity index (χ3n) is 6.90. The number of aryl methyl sites for hydroxylation is 2. The zero-order chi connectivity index (χ0) is 27.6. The molecule has 0 aliphatic rings. The van der Waals surface area contributed by atoms with Crippen LogP contribution in [0.2, 0.25) is 0 Å². The van der Waals surface area contributed by atoms with Crippen molar-refractivity contribution in [3.8, 4) is 5.75 Å². The molecule has 0 fully saturated rings. The van der Waals surface area contributed by atoms with Gasteiger partial charge in [-0.25, -0.2) is 0 Å². The van der Waals surface area contributed by atoms with Crippen molar-refractivity contribution >= 4 is 35.0 Å². The topological polar surface area (TPSA) is 88.8 Å². The van der Waals surface area contributed by atoms with Gasteiger partial charge in [-0.3, -0.25) is 9.59 Å². The summed E-state index contributed by atoms with van der Waals surface area (Å²) < 4.78 is 7.88. The van der Waals surface area contributed by atoms with Crippen molar-refractivity contribution < 1.29 is 24.5 Å². The van der Waals surface area contributed by atoms with E-state index in [2.05, 4.69) is 24.3 Å². The molecule has 0 bridgehead atoms. The zero-order valence-electron chi connectivity index (χ0n) is 22.3. The first-order chi connectivity index (χ1) is 18.9. The van der Waals surface area contributed by atoms with Crippen LogP contribution in [0.3, 0.4) is 0 Å². The Morgan fingerprint density at radius 2 is 1.67 bits per heavy atom. The number of ether oxygens (including phenoxy) is 1. The second-order valence-corrected chi connectivity index (χ2v) is 9.77. The largest absolute Gasteiger partial charge is 0.494 e. The van der Waals surface area contributed by atoms with Gasteiger partial charge in [0, 0.05) is 30.1 Å². The van der Waals surface area contributed by atoms with E-state index in [0.29, 0.717) is 19.6 Å². The van der Waals surface area contributed by atoms with E-state index in [1.807, 2.05) is 71.4 Å². The van der Waals surface area contributed by atoms with E-state index in [9.17, 15) is 14.7 Å². The molecule has 6 nitrogen and oxygen atoms in total. The van der Waals surface area contributed by atoms with Crippen molar-refractivity contribution in [2.45, 2.75) is 51.5 Å². The van der Waals surface area contributed by atoms with Crippen LogP contribution in [0.1, 0.15) is 60.8 Å². The number of hydrogen-bond donors (Lipinski definition) is 2. The molecule has 0 aliphatic heterocycles. The van der Waals surface area contributed by atoms with E-state index < -0.39 is 17.9 Å². The number of carboxylic acids is 2. The van der Waals surface area contributed by atoms with Crippen LogP contribution in [0, 0.1) is 0 Å². The molecule has 0 radical (unpaired) electrons. The Labute approximate surface area is 229 Å². The van der Waals surface area contributed by atoms with Crippen LogP contribution < -0.4 is 4.74 Å². The lowest BCUT2D eigenvalue weighted by molar-refractivity contribution is -0.138. The van der Waals surface area contributed by atoms with Crippen LogP contribution in [0.5, 0.6) is 5.75 Å². The molecule has 2 N–H and O–H groups in total. The molecule has 0 spiro atoms. The van der Waals surface area contributed by atoms with Crippen molar-refractivity contribution in [1.29, 1.82) is 0 Å². The summed E-state index contributed by atoms with van der Waals surface area (Å²) in [7, 11) is 0. The maximum absolute atomic E-state index is 11.8. The predicted molar refractivity (Wildman–Crippen MR) is 155 cm³/mol. The van der Waals surface area contributed by atoms with Gasteiger partial charge in [-0.05, 0) is 73.1 Å². The van der Waals surface area contributed by atoms with Gasteiger partial charge in [0.05, 0.1) is 12.5 Å². The van der Waals surface area contributed by atoms with Crippen LogP contribution in [0.15, 0.2) is 79.0 Å². The molecule has 4 aromatic rings. The molecule has 6 heteroatoms. The van der Waals surface area contributed by atoms with E-state index in [0.717, 1.165) is 52.6 Å². The summed E-state index contributed by atoms with van der Waals surface area (Å²) >= 11 is 0. The van der Waals surface area contributed by atoms with Crippen LogP contribution in [0.25, 0.3) is 23.1 Å². The monoisotopic (exact) mass is 525 g/mol. The number of benzene rings is 3. The highest BCUT2D eigenvalue weighted by molar-refractivity contribution is 5.97. The SMILES string of the molecule is CC(C(=O)O)c1cn(CCCC(=O)O)c2cccc(/C=C/c3ccc(OCCCCc4ccccc4)cc3)c12. The number of carbonyl (C=O) groups is 2. The van der Waals surface area contributed by atoms with Crippen molar-refractivity contribution in [2.24, 2.45) is 0 Å². The maximum atomic E-state index is 11.8. The van der Waals surface area contributed by atoms with Crippen LogP contribution >= 0.6 is 0 Å². The average Bonchev–Trinajstić information content (AvgIpc) is 3.31. The number of carboxylic acid groups (broad SMARTS) is 2. The van der Waals surface area contributed by atoms with Gasteiger partial charge in [-0.1, -0.05) is 66.7 Å². The highest BCUT2D eigenvalue weighted by atomic mass is 16.5. The summed E-state index contributed by atoms with van der Waals surface area (Å²) in [6, 6.07) is 24.3. The summed E-state index contributed by atoms with van der Waals surface area (Å²) in [5, 5.41) is 19.6. The van der Waals surface area contributed by atoms with E-state index >= 15 is 0 Å². The number of hydrogen-bond acceptors (Lipinski definition) is 3. The minimum Gasteiger partial charge on any atom is -0.494 e. The number of aromatic nitrogens is 1. The van der Waals surface area contributed by atoms with Crippen molar-refractivity contribution in [2.75, 3.05) is 6.61 Å². The van der Waals surface area contributed by atoms with Crippen LogP contribution in [-0.2, 0) is 22.6 Å². The van der Waals surface area contributed by atoms with Gasteiger partial charge in [0.2, 0.25) is 0 Å². The Morgan fingerprint density at radius 1 is 0.897 bits per heavy atom. The normalized spacial score (nSPS) is 12.1. The molecule has 1 atom stereocenters. The van der Waals surface area contributed by atoms with Gasteiger partial charge >= 0.3 is 11.9 Å². The average molecular weight is 526 g/mol. The number of rotatable bonds is 14. The highest BCUT2D eigenvalue weighted by Gasteiger charge is 2.21. The summed E-state index contributed by atoms with van der Waals surface area (Å²) in [6.07, 6.45) is 9.54. The highest BCUT2D eigenvalue weighted by Crippen LogP contribution is 2.32. The smallest absolute Gasteiger partial charge is 0.310 e. The van der Waals surface area contributed by atoms with Gasteiger partial charge in [-0.15, -0.1) is 0 Å². The lowest BCUT2D eigenvalue weighted by Crippen LogP contribution is -2.07. The third kappa shape index (κ3) is 7.60. The zero-order valence-corrected chi connectivity index (χ0v) is 22.3. The summed E-state index contributed by atoms with van der Waals surface area (Å²) in [5.74, 6) is -1.58. The quantitative estimate of drug-likeness (QED) is 0.134. The van der Waals surface area contributed by atoms with E-state index in [-0.39, 0.29) is 6.42 Å². The van der Waals surface area contributed by atoms with Crippen molar-refractivity contribution in [1.82, 2.24) is 4.57 Å². The molecule has 3 aromatic carbocycles. The first kappa shape index (κ1) is 27.7. The maximum Gasteiger partial charge on any atom is 0.310 e. The number of nitrogens with zero attached hydrogens (tertiary/aromatic N) is 1. The lowest BCUT2D eigenvalue weighted by atomic mass is 9.97. The molecule has 0 saturated carbocycles. The van der Waals surface area contributed by atoms with Gasteiger partial charge < -0.3 is 19.5 Å². The van der Waals surface area contributed by atoms with E-state index in [1.54, 1.807) is 6.92 Å². The molecule has 4 rings (SSSR count). The second-order valence-electron chi connectivity index (χ2n) is 9.77. The minimum atomic E-state index is -0.894. The summed E-state index contributed by atoms with van der Waals surface area (Å²) in [6.45, 7) is 2.87. The molecule has 0 aliphatic carbocycles. The number of aliphatic carboxylic acids is 2. The summed E-state index contributed by atoms with van der Waals surface area (Å²) in [5.41, 5.74) is 4.91. The first-order valence-electron chi connectivity index (χ1n) is 13.4. The second kappa shape index (κ2) is 13.5. The third-order valence-corrected chi connectivity index (χ3v) is 6.90. The van der Waals surface area contributed by atoms with Gasteiger partial charge in [-0.2, -0.15) is 0 Å². The fourth-order valence-corrected chi connectivity index (χ4v) is 4.73. The first-order valence-corrected chi connectivity index (χ1v) is 13.4. The Balaban J connectivity index is 1.43. The molecular weight excluding hydrogens is 490 g/mol. The molecule has 1 unspecified atom stereocenters. The fraction of sp³-hybridized carbons (Fsp3) is 0.273. The predicted octanol–water partition coefficient (Wildman–Crippen LogP) is 7.27. The minimum absolute atomic E-state index is 0.0660. The van der Waals surface area contributed by atoms with Crippen LogP contribution in [-0.4, -0.2) is 33.3 Å². The number of fused-ring (bicyclic) bond motifs is 1. The van der Waals surface area contributed by atoms with Gasteiger partial charge in [0.25, 0.3) is 0 Å². The Bertz CT molecular complexity index is 1420. The fourth-order valence-electron chi connectivity index (χ4n) is 4.73. The Morgan fingerprint density at radius 3 is 2.38 bits per heavy atom. The van der Waals surface area contributed by atoms with E-state index in [4.69, 9.17) is 9.84 Å². The molecule has 1 aromatic heterocycles.